The van der Waals surface area contributed by atoms with Crippen LogP contribution in [0, 0.1) is 5.92 Å². The molecule has 0 amide bonds. The van der Waals surface area contributed by atoms with Crippen LogP contribution in [0.1, 0.15) is 31.2 Å². The zero-order chi connectivity index (χ0) is 19.8. The monoisotopic (exact) mass is 392 g/mol. The SMILES string of the molecule is COc1cc(CN(C)CC2CCCC2)ccc1OC[C@H](O)CN1CCOCC1. The highest BCUT2D eigenvalue weighted by atomic mass is 16.5. The maximum atomic E-state index is 10.3. The van der Waals surface area contributed by atoms with E-state index in [2.05, 4.69) is 29.0 Å². The Hall–Kier alpha value is -1.34. The van der Waals surface area contributed by atoms with E-state index in [1.807, 2.05) is 6.07 Å². The van der Waals surface area contributed by atoms with Crippen LogP contribution < -0.4 is 9.47 Å². The normalized spacial score (nSPS) is 19.9. The minimum atomic E-state index is -0.528. The standard InChI is InChI=1S/C22H36N2O4/c1-23(14-18-5-3-4-6-18)15-19-7-8-21(22(13-19)26-2)28-17-20(25)16-24-9-11-27-12-10-24/h7-8,13,18,20,25H,3-6,9-12,14-17H2,1-2H3/t20-/m1/s1. The number of hydrogen-bond acceptors (Lipinski definition) is 6. The third-order valence-electron chi connectivity index (χ3n) is 5.73. The maximum Gasteiger partial charge on any atom is 0.161 e. The van der Waals surface area contributed by atoms with E-state index in [1.54, 1.807) is 7.11 Å². The van der Waals surface area contributed by atoms with Crippen molar-refractivity contribution < 1.29 is 19.3 Å². The molecule has 1 saturated heterocycles. The van der Waals surface area contributed by atoms with Crippen LogP contribution in [0.25, 0.3) is 0 Å². The van der Waals surface area contributed by atoms with Crippen molar-refractivity contribution in [2.75, 3.05) is 60.2 Å². The summed E-state index contributed by atoms with van der Waals surface area (Å²) >= 11 is 0. The lowest BCUT2D eigenvalue weighted by molar-refractivity contribution is 0.00445. The van der Waals surface area contributed by atoms with Gasteiger partial charge in [-0.3, -0.25) is 4.90 Å². The van der Waals surface area contributed by atoms with Crippen molar-refractivity contribution in [1.29, 1.82) is 0 Å². The van der Waals surface area contributed by atoms with E-state index in [9.17, 15) is 5.11 Å². The van der Waals surface area contributed by atoms with Crippen molar-refractivity contribution >= 4 is 0 Å². The summed E-state index contributed by atoms with van der Waals surface area (Å²) in [5.41, 5.74) is 1.22. The minimum absolute atomic E-state index is 0.259. The number of benzene rings is 1. The summed E-state index contributed by atoms with van der Waals surface area (Å²) in [5.74, 6) is 2.26. The average Bonchev–Trinajstić information content (AvgIpc) is 3.20. The van der Waals surface area contributed by atoms with Crippen molar-refractivity contribution in [2.24, 2.45) is 5.92 Å². The first-order valence-electron chi connectivity index (χ1n) is 10.6. The van der Waals surface area contributed by atoms with Crippen molar-refractivity contribution in [3.05, 3.63) is 23.8 Å². The fourth-order valence-electron chi connectivity index (χ4n) is 4.26. The molecule has 0 aromatic heterocycles. The first kappa shape index (κ1) is 21.4. The quantitative estimate of drug-likeness (QED) is 0.660. The van der Waals surface area contributed by atoms with Gasteiger partial charge >= 0.3 is 0 Å². The Morgan fingerprint density at radius 1 is 1.21 bits per heavy atom. The molecule has 2 fully saturated rings. The highest BCUT2D eigenvalue weighted by Crippen LogP contribution is 2.29. The molecule has 158 valence electrons. The second-order valence-electron chi connectivity index (χ2n) is 8.21. The zero-order valence-corrected chi connectivity index (χ0v) is 17.4. The van der Waals surface area contributed by atoms with Crippen molar-refractivity contribution in [3.8, 4) is 11.5 Å². The zero-order valence-electron chi connectivity index (χ0n) is 17.4. The molecule has 6 heteroatoms. The molecule has 1 aliphatic carbocycles. The first-order chi connectivity index (χ1) is 13.6. The molecule has 1 aromatic rings. The van der Waals surface area contributed by atoms with E-state index in [0.29, 0.717) is 12.3 Å². The molecule has 1 atom stereocenters. The van der Waals surface area contributed by atoms with Crippen LogP contribution in [0.5, 0.6) is 11.5 Å². The second-order valence-corrected chi connectivity index (χ2v) is 8.21. The molecule has 2 aliphatic rings. The molecule has 3 rings (SSSR count). The number of nitrogens with zero attached hydrogens (tertiary/aromatic N) is 2. The van der Waals surface area contributed by atoms with Crippen LogP contribution in [0.15, 0.2) is 18.2 Å². The van der Waals surface area contributed by atoms with E-state index >= 15 is 0 Å². The molecular weight excluding hydrogens is 356 g/mol. The minimum Gasteiger partial charge on any atom is -0.493 e. The van der Waals surface area contributed by atoms with Gasteiger partial charge in [-0.15, -0.1) is 0 Å². The Balaban J connectivity index is 1.47. The number of hydrogen-bond donors (Lipinski definition) is 1. The van der Waals surface area contributed by atoms with Crippen LogP contribution in [0.4, 0.5) is 0 Å². The summed E-state index contributed by atoms with van der Waals surface area (Å²) in [6.45, 7) is 6.13. The van der Waals surface area contributed by atoms with E-state index in [4.69, 9.17) is 14.2 Å². The average molecular weight is 393 g/mol. The summed E-state index contributed by atoms with van der Waals surface area (Å²) in [4.78, 5) is 4.61. The molecule has 28 heavy (non-hydrogen) atoms. The molecule has 1 N–H and O–H groups in total. The van der Waals surface area contributed by atoms with Gasteiger partial charge in [-0.1, -0.05) is 18.9 Å². The topological polar surface area (TPSA) is 54.4 Å². The lowest BCUT2D eigenvalue weighted by Gasteiger charge is -2.28. The molecule has 6 nitrogen and oxygen atoms in total. The first-order valence-corrected chi connectivity index (χ1v) is 10.6. The van der Waals surface area contributed by atoms with Gasteiger partial charge in [0.15, 0.2) is 11.5 Å². The van der Waals surface area contributed by atoms with Crippen LogP contribution in [0.2, 0.25) is 0 Å². The van der Waals surface area contributed by atoms with Crippen LogP contribution in [-0.4, -0.2) is 81.2 Å². The largest absolute Gasteiger partial charge is 0.493 e. The number of aliphatic hydroxyl groups excluding tert-OH is 1. The van der Waals surface area contributed by atoms with Gasteiger partial charge in [0, 0.05) is 32.7 Å². The Morgan fingerprint density at radius 3 is 2.68 bits per heavy atom. The van der Waals surface area contributed by atoms with Crippen LogP contribution in [-0.2, 0) is 11.3 Å². The third kappa shape index (κ3) is 6.62. The fourth-order valence-corrected chi connectivity index (χ4v) is 4.26. The van der Waals surface area contributed by atoms with E-state index in [1.165, 1.54) is 31.2 Å². The Labute approximate surface area is 169 Å². The molecule has 1 saturated carbocycles. The summed E-state index contributed by atoms with van der Waals surface area (Å²) in [6.07, 6.45) is 4.98. The number of β-amino-alcohol motifs (C(OH)–C–C–N with tert-alkyl or cyclic N) is 1. The molecule has 0 radical (unpaired) electrons. The Kier molecular flexibility index (Phi) is 8.40. The van der Waals surface area contributed by atoms with Gasteiger partial charge in [-0.05, 0) is 43.5 Å². The van der Waals surface area contributed by atoms with Crippen molar-refractivity contribution in [1.82, 2.24) is 9.80 Å². The van der Waals surface area contributed by atoms with Gasteiger partial charge in [0.1, 0.15) is 12.7 Å². The van der Waals surface area contributed by atoms with Gasteiger partial charge in [0.25, 0.3) is 0 Å². The molecule has 1 heterocycles. The predicted molar refractivity (Wildman–Crippen MR) is 110 cm³/mol. The maximum absolute atomic E-state index is 10.3. The van der Waals surface area contributed by atoms with Gasteiger partial charge in [-0.25, -0.2) is 0 Å². The molecular formula is C22H36N2O4. The van der Waals surface area contributed by atoms with Gasteiger partial charge < -0.3 is 24.2 Å². The predicted octanol–water partition coefficient (Wildman–Crippen LogP) is 2.39. The molecule has 1 aliphatic heterocycles. The lowest BCUT2D eigenvalue weighted by Crippen LogP contribution is -2.42. The Morgan fingerprint density at radius 2 is 1.96 bits per heavy atom. The summed E-state index contributed by atoms with van der Waals surface area (Å²) in [6, 6.07) is 6.10. The van der Waals surface area contributed by atoms with E-state index in [-0.39, 0.29) is 6.61 Å². The van der Waals surface area contributed by atoms with E-state index < -0.39 is 6.10 Å². The Bertz CT molecular complexity index is 586. The van der Waals surface area contributed by atoms with Crippen molar-refractivity contribution in [3.63, 3.8) is 0 Å². The smallest absolute Gasteiger partial charge is 0.161 e. The van der Waals surface area contributed by atoms with E-state index in [0.717, 1.165) is 51.1 Å². The summed E-state index contributed by atoms with van der Waals surface area (Å²) in [7, 11) is 3.86. The lowest BCUT2D eigenvalue weighted by atomic mass is 10.1. The van der Waals surface area contributed by atoms with Gasteiger partial charge in [0.05, 0.1) is 20.3 Å². The number of methoxy groups -OCH3 is 1. The summed E-state index contributed by atoms with van der Waals surface area (Å²) < 4.78 is 16.7. The van der Waals surface area contributed by atoms with Crippen LogP contribution >= 0.6 is 0 Å². The van der Waals surface area contributed by atoms with Crippen molar-refractivity contribution in [2.45, 2.75) is 38.3 Å². The highest BCUT2D eigenvalue weighted by molar-refractivity contribution is 5.43. The number of rotatable bonds is 10. The van der Waals surface area contributed by atoms with Crippen LogP contribution in [0.3, 0.4) is 0 Å². The third-order valence-corrected chi connectivity index (χ3v) is 5.73. The number of aliphatic hydroxyl groups is 1. The molecule has 0 bridgehead atoms. The molecule has 0 unspecified atom stereocenters. The summed E-state index contributed by atoms with van der Waals surface area (Å²) in [5, 5.41) is 10.3. The molecule has 0 spiro atoms. The second kappa shape index (κ2) is 11.0. The molecule has 1 aromatic carbocycles. The van der Waals surface area contributed by atoms with Gasteiger partial charge in [-0.2, -0.15) is 0 Å². The number of ether oxygens (including phenoxy) is 3. The fraction of sp³-hybridized carbons (Fsp3) is 0.727. The van der Waals surface area contributed by atoms with Gasteiger partial charge in [0.2, 0.25) is 0 Å². The number of morpholine rings is 1. The highest BCUT2D eigenvalue weighted by Gasteiger charge is 2.18.